The summed E-state index contributed by atoms with van der Waals surface area (Å²) < 4.78 is 9.91. The maximum Gasteiger partial charge on any atom is 0.340 e. The highest BCUT2D eigenvalue weighted by atomic mass is 16.5. The summed E-state index contributed by atoms with van der Waals surface area (Å²) in [5.41, 5.74) is 7.39. The van der Waals surface area contributed by atoms with Crippen molar-refractivity contribution in [2.75, 3.05) is 24.2 Å². The molecular formula is C14H18N4O3. The van der Waals surface area contributed by atoms with Crippen molar-refractivity contribution in [1.82, 2.24) is 10.1 Å². The van der Waals surface area contributed by atoms with Gasteiger partial charge in [0.25, 0.3) is 0 Å². The van der Waals surface area contributed by atoms with Crippen molar-refractivity contribution < 1.29 is 14.1 Å². The number of nitrogens with zero attached hydrogens (tertiary/aromatic N) is 2. The highest BCUT2D eigenvalue weighted by Gasteiger charge is 2.14. The monoisotopic (exact) mass is 290 g/mol. The van der Waals surface area contributed by atoms with Crippen LogP contribution in [0.4, 0.5) is 11.4 Å². The molecule has 0 atom stereocenters. The van der Waals surface area contributed by atoms with E-state index >= 15 is 0 Å². The minimum absolute atomic E-state index is 0.315. The number of nitrogens with two attached hydrogens (primary N) is 1. The minimum Gasteiger partial charge on any atom is -0.462 e. The molecule has 0 aliphatic carbocycles. The largest absolute Gasteiger partial charge is 0.462 e. The molecule has 0 aliphatic heterocycles. The van der Waals surface area contributed by atoms with Gasteiger partial charge in [0.05, 0.1) is 23.5 Å². The van der Waals surface area contributed by atoms with E-state index < -0.39 is 5.97 Å². The normalized spacial score (nSPS) is 10.4. The Kier molecular flexibility index (Phi) is 4.76. The molecule has 0 bridgehead atoms. The second-order valence-electron chi connectivity index (χ2n) is 4.40. The van der Waals surface area contributed by atoms with Crippen LogP contribution in [0.25, 0.3) is 0 Å². The van der Waals surface area contributed by atoms with Gasteiger partial charge in [-0.2, -0.15) is 4.98 Å². The third kappa shape index (κ3) is 3.71. The topological polar surface area (TPSA) is 103 Å². The van der Waals surface area contributed by atoms with Gasteiger partial charge in [-0.3, -0.25) is 0 Å². The number of carbonyl (C=O) groups is 1. The summed E-state index contributed by atoms with van der Waals surface area (Å²) in [6.07, 6.45) is 0.563. The highest BCUT2D eigenvalue weighted by molar-refractivity contribution is 5.98. The smallest absolute Gasteiger partial charge is 0.340 e. The van der Waals surface area contributed by atoms with Crippen LogP contribution in [0.1, 0.15) is 29.0 Å². The molecule has 0 unspecified atom stereocenters. The molecule has 0 saturated heterocycles. The van der Waals surface area contributed by atoms with Crippen molar-refractivity contribution in [2.45, 2.75) is 20.3 Å². The lowest BCUT2D eigenvalue weighted by Crippen LogP contribution is -2.14. The minimum atomic E-state index is -0.400. The van der Waals surface area contributed by atoms with E-state index in [0.717, 1.165) is 0 Å². The van der Waals surface area contributed by atoms with Gasteiger partial charge in [0.2, 0.25) is 5.89 Å². The molecule has 0 amide bonds. The number of anilines is 2. The molecule has 7 heteroatoms. The predicted octanol–water partition coefficient (Wildman–Crippen LogP) is 1.79. The number of aryl methyl sites for hydroxylation is 1. The molecule has 0 fully saturated rings. The zero-order valence-corrected chi connectivity index (χ0v) is 12.0. The van der Waals surface area contributed by atoms with Gasteiger partial charge >= 0.3 is 5.97 Å². The zero-order chi connectivity index (χ0) is 15.2. The van der Waals surface area contributed by atoms with Gasteiger partial charge in [-0.25, -0.2) is 4.79 Å². The maximum atomic E-state index is 11.9. The SMILES string of the molecule is CCOC(=O)c1cccc(N)c1NCCc1noc(C)n1. The lowest BCUT2D eigenvalue weighted by Gasteiger charge is -2.13. The molecule has 1 aromatic carbocycles. The number of hydrogen-bond donors (Lipinski definition) is 2. The molecule has 2 rings (SSSR count). The van der Waals surface area contributed by atoms with Gasteiger partial charge in [-0.05, 0) is 19.1 Å². The predicted molar refractivity (Wildman–Crippen MR) is 78.0 cm³/mol. The Morgan fingerprint density at radius 1 is 1.48 bits per heavy atom. The van der Waals surface area contributed by atoms with Gasteiger partial charge in [-0.15, -0.1) is 0 Å². The number of rotatable bonds is 6. The van der Waals surface area contributed by atoms with Crippen LogP contribution in [0.2, 0.25) is 0 Å². The summed E-state index contributed by atoms with van der Waals surface area (Å²) in [7, 11) is 0. The molecule has 0 spiro atoms. The zero-order valence-electron chi connectivity index (χ0n) is 12.0. The molecule has 21 heavy (non-hydrogen) atoms. The number of carbonyl (C=O) groups excluding carboxylic acids is 1. The first-order valence-electron chi connectivity index (χ1n) is 6.70. The lowest BCUT2D eigenvalue weighted by molar-refractivity contribution is 0.0527. The van der Waals surface area contributed by atoms with E-state index in [0.29, 0.717) is 48.2 Å². The van der Waals surface area contributed by atoms with E-state index in [4.69, 9.17) is 15.0 Å². The van der Waals surface area contributed by atoms with Crippen LogP contribution in [0.3, 0.4) is 0 Å². The van der Waals surface area contributed by atoms with Crippen LogP contribution < -0.4 is 11.1 Å². The van der Waals surface area contributed by atoms with E-state index in [2.05, 4.69) is 15.5 Å². The molecule has 1 heterocycles. The first-order valence-corrected chi connectivity index (χ1v) is 6.70. The molecule has 3 N–H and O–H groups in total. The Bertz CT molecular complexity index is 624. The number of hydrogen-bond acceptors (Lipinski definition) is 7. The van der Waals surface area contributed by atoms with Crippen LogP contribution in [0.15, 0.2) is 22.7 Å². The van der Waals surface area contributed by atoms with Crippen molar-refractivity contribution >= 4 is 17.3 Å². The Labute approximate surface area is 122 Å². The maximum absolute atomic E-state index is 11.9. The first-order chi connectivity index (χ1) is 10.1. The van der Waals surface area contributed by atoms with Crippen molar-refractivity contribution in [3.8, 4) is 0 Å². The molecule has 0 aliphatic rings. The number of aromatic nitrogens is 2. The first kappa shape index (κ1) is 14.8. The number of esters is 1. The van der Waals surface area contributed by atoms with Crippen LogP contribution in [-0.4, -0.2) is 29.3 Å². The summed E-state index contributed by atoms with van der Waals surface area (Å²) >= 11 is 0. The Morgan fingerprint density at radius 3 is 2.95 bits per heavy atom. The van der Waals surface area contributed by atoms with Crippen LogP contribution >= 0.6 is 0 Å². The number of ether oxygens (including phenoxy) is 1. The summed E-state index contributed by atoms with van der Waals surface area (Å²) in [6, 6.07) is 5.12. The molecule has 0 radical (unpaired) electrons. The van der Waals surface area contributed by atoms with Crippen LogP contribution in [0.5, 0.6) is 0 Å². The Balaban J connectivity index is 2.06. The van der Waals surface area contributed by atoms with Gasteiger partial charge < -0.3 is 20.3 Å². The Morgan fingerprint density at radius 2 is 2.29 bits per heavy atom. The highest BCUT2D eigenvalue weighted by Crippen LogP contribution is 2.24. The van der Waals surface area contributed by atoms with Gasteiger partial charge in [-0.1, -0.05) is 11.2 Å². The molecule has 1 aromatic heterocycles. The summed E-state index contributed by atoms with van der Waals surface area (Å²) in [5.74, 6) is 0.728. The van der Waals surface area contributed by atoms with Crippen molar-refractivity contribution in [3.05, 3.63) is 35.5 Å². The number of para-hydroxylation sites is 1. The van der Waals surface area contributed by atoms with Gasteiger partial charge in [0.1, 0.15) is 0 Å². The van der Waals surface area contributed by atoms with Gasteiger partial charge in [0.15, 0.2) is 5.82 Å². The van der Waals surface area contributed by atoms with E-state index in [-0.39, 0.29) is 0 Å². The van der Waals surface area contributed by atoms with E-state index in [9.17, 15) is 4.79 Å². The second kappa shape index (κ2) is 6.74. The average Bonchev–Trinajstić information content (AvgIpc) is 2.86. The number of nitrogen functional groups attached to an aromatic ring is 1. The summed E-state index contributed by atoms with van der Waals surface area (Å²) in [6.45, 7) is 4.34. The Hall–Kier alpha value is -2.57. The van der Waals surface area contributed by atoms with Crippen LogP contribution in [0, 0.1) is 6.92 Å². The van der Waals surface area contributed by atoms with Crippen molar-refractivity contribution in [3.63, 3.8) is 0 Å². The fourth-order valence-electron chi connectivity index (χ4n) is 1.89. The molecule has 112 valence electrons. The second-order valence-corrected chi connectivity index (χ2v) is 4.40. The van der Waals surface area contributed by atoms with E-state index in [1.165, 1.54) is 0 Å². The van der Waals surface area contributed by atoms with Gasteiger partial charge in [0, 0.05) is 19.9 Å². The standard InChI is InChI=1S/C14H18N4O3/c1-3-20-14(19)10-5-4-6-11(15)13(10)16-8-7-12-17-9(2)21-18-12/h4-6,16H,3,7-8,15H2,1-2H3. The van der Waals surface area contributed by atoms with Crippen molar-refractivity contribution in [2.24, 2.45) is 0 Å². The lowest BCUT2D eigenvalue weighted by atomic mass is 10.1. The fraction of sp³-hybridized carbons (Fsp3) is 0.357. The number of benzene rings is 1. The van der Waals surface area contributed by atoms with Crippen molar-refractivity contribution in [1.29, 1.82) is 0 Å². The average molecular weight is 290 g/mol. The van der Waals surface area contributed by atoms with E-state index in [1.807, 2.05) is 0 Å². The summed E-state index contributed by atoms with van der Waals surface area (Å²) in [4.78, 5) is 16.0. The third-order valence-corrected chi connectivity index (χ3v) is 2.81. The van der Waals surface area contributed by atoms with E-state index in [1.54, 1.807) is 32.0 Å². The third-order valence-electron chi connectivity index (χ3n) is 2.81. The molecular weight excluding hydrogens is 272 g/mol. The summed E-state index contributed by atoms with van der Waals surface area (Å²) in [5, 5.41) is 6.94. The quantitative estimate of drug-likeness (QED) is 0.617. The molecule has 0 saturated carbocycles. The van der Waals surface area contributed by atoms with Crippen LogP contribution in [-0.2, 0) is 11.2 Å². The fourth-order valence-corrected chi connectivity index (χ4v) is 1.89. The number of nitrogens with one attached hydrogen (secondary N) is 1. The molecule has 7 nitrogen and oxygen atoms in total. The molecule has 2 aromatic rings.